The summed E-state index contributed by atoms with van der Waals surface area (Å²) in [5.41, 5.74) is 0.534. The van der Waals surface area contributed by atoms with Crippen molar-refractivity contribution in [3.05, 3.63) is 15.8 Å². The molecule has 0 saturated heterocycles. The van der Waals surface area contributed by atoms with Crippen molar-refractivity contribution in [1.82, 2.24) is 9.78 Å². The Labute approximate surface area is 118 Å². The van der Waals surface area contributed by atoms with Gasteiger partial charge in [-0.2, -0.15) is 5.10 Å². The van der Waals surface area contributed by atoms with E-state index < -0.39 is 0 Å². The van der Waals surface area contributed by atoms with Gasteiger partial charge in [0.25, 0.3) is 0 Å². The zero-order chi connectivity index (χ0) is 14.9. The summed E-state index contributed by atoms with van der Waals surface area (Å²) in [5, 5.41) is 18.9. The quantitative estimate of drug-likeness (QED) is 0.663. The Bertz CT molecular complexity index is 498. The Morgan fingerprint density at radius 3 is 2.70 bits per heavy atom. The molecule has 1 heterocycles. The molecule has 1 fully saturated rings. The van der Waals surface area contributed by atoms with Crippen molar-refractivity contribution in [1.29, 1.82) is 0 Å². The second kappa shape index (κ2) is 5.78. The van der Waals surface area contributed by atoms with Crippen LogP contribution < -0.4 is 5.32 Å². The van der Waals surface area contributed by atoms with E-state index in [4.69, 9.17) is 4.74 Å². The molecule has 1 aromatic rings. The number of hydrogen-bond acceptors (Lipinski definition) is 5. The average Bonchev–Trinajstić information content (AvgIpc) is 2.94. The van der Waals surface area contributed by atoms with Crippen LogP contribution in [0.1, 0.15) is 44.8 Å². The molecule has 0 aliphatic heterocycles. The third kappa shape index (κ3) is 2.77. The summed E-state index contributed by atoms with van der Waals surface area (Å²) in [7, 11) is 1.71. The molecule has 20 heavy (non-hydrogen) atoms. The van der Waals surface area contributed by atoms with E-state index in [2.05, 4.69) is 10.4 Å². The third-order valence-corrected chi connectivity index (χ3v) is 3.78. The molecule has 1 aliphatic carbocycles. The second-order valence-electron chi connectivity index (χ2n) is 5.59. The van der Waals surface area contributed by atoms with Crippen molar-refractivity contribution in [3.63, 3.8) is 0 Å². The van der Waals surface area contributed by atoms with Crippen molar-refractivity contribution < 1.29 is 9.66 Å². The lowest BCUT2D eigenvalue weighted by Crippen LogP contribution is -2.21. The standard InChI is InChI=1S/C13H22N4O3/c1-8(2)16-13(12(17(18)19)9(3)15-16)14-10-5-6-11(7-10)20-4/h8,10-11,14H,5-7H2,1-4H3. The van der Waals surface area contributed by atoms with Gasteiger partial charge in [-0.3, -0.25) is 10.1 Å². The fraction of sp³-hybridized carbons (Fsp3) is 0.769. The van der Waals surface area contributed by atoms with Gasteiger partial charge >= 0.3 is 5.69 Å². The van der Waals surface area contributed by atoms with E-state index in [9.17, 15) is 10.1 Å². The molecular weight excluding hydrogens is 260 g/mol. The number of nitrogens with zero attached hydrogens (tertiary/aromatic N) is 3. The SMILES string of the molecule is COC1CCC(Nc2c([N+](=O)[O-])c(C)nn2C(C)C)C1. The second-order valence-corrected chi connectivity index (χ2v) is 5.59. The number of hydrogen-bond donors (Lipinski definition) is 1. The molecule has 1 aromatic heterocycles. The largest absolute Gasteiger partial charge is 0.381 e. The number of aryl methyl sites for hydroxylation is 1. The van der Waals surface area contributed by atoms with Gasteiger partial charge < -0.3 is 10.1 Å². The van der Waals surface area contributed by atoms with Gasteiger partial charge in [0.2, 0.25) is 5.82 Å². The Hall–Kier alpha value is -1.63. The number of aromatic nitrogens is 2. The minimum atomic E-state index is -0.355. The number of methoxy groups -OCH3 is 1. The summed E-state index contributed by atoms with van der Waals surface area (Å²) in [5.74, 6) is 0.518. The topological polar surface area (TPSA) is 82.2 Å². The van der Waals surface area contributed by atoms with Crippen LogP contribution >= 0.6 is 0 Å². The monoisotopic (exact) mass is 282 g/mol. The van der Waals surface area contributed by atoms with Gasteiger partial charge in [-0.15, -0.1) is 0 Å². The van der Waals surface area contributed by atoms with Crippen LogP contribution in [0.4, 0.5) is 11.5 Å². The van der Waals surface area contributed by atoms with E-state index in [1.54, 1.807) is 18.7 Å². The smallest absolute Gasteiger partial charge is 0.333 e. The summed E-state index contributed by atoms with van der Waals surface area (Å²) < 4.78 is 7.05. The average molecular weight is 282 g/mol. The van der Waals surface area contributed by atoms with Crippen LogP contribution in [-0.2, 0) is 4.74 Å². The lowest BCUT2D eigenvalue weighted by atomic mass is 10.2. The number of anilines is 1. The number of nitro groups is 1. The fourth-order valence-electron chi connectivity index (χ4n) is 2.74. The maximum atomic E-state index is 11.3. The summed E-state index contributed by atoms with van der Waals surface area (Å²) in [6.07, 6.45) is 3.05. The number of rotatable bonds is 5. The Balaban J connectivity index is 2.27. The highest BCUT2D eigenvalue weighted by molar-refractivity contribution is 5.60. The van der Waals surface area contributed by atoms with E-state index in [-0.39, 0.29) is 28.8 Å². The summed E-state index contributed by atoms with van der Waals surface area (Å²) in [6.45, 7) is 5.61. The van der Waals surface area contributed by atoms with Crippen LogP contribution in [0.25, 0.3) is 0 Å². The molecule has 0 spiro atoms. The van der Waals surface area contributed by atoms with Crippen LogP contribution in [0.5, 0.6) is 0 Å². The maximum Gasteiger partial charge on any atom is 0.333 e. The maximum absolute atomic E-state index is 11.3. The predicted octanol–water partition coefficient (Wildman–Crippen LogP) is 2.66. The highest BCUT2D eigenvalue weighted by Gasteiger charge is 2.31. The first-order valence-corrected chi connectivity index (χ1v) is 6.96. The normalized spacial score (nSPS) is 22.4. The lowest BCUT2D eigenvalue weighted by molar-refractivity contribution is -0.384. The van der Waals surface area contributed by atoms with E-state index in [0.29, 0.717) is 11.5 Å². The van der Waals surface area contributed by atoms with Crippen LogP contribution in [0.3, 0.4) is 0 Å². The van der Waals surface area contributed by atoms with Crippen LogP contribution in [0.2, 0.25) is 0 Å². The lowest BCUT2D eigenvalue weighted by Gasteiger charge is -2.16. The molecule has 2 rings (SSSR count). The van der Waals surface area contributed by atoms with Gasteiger partial charge in [-0.1, -0.05) is 0 Å². The molecule has 0 radical (unpaired) electrons. The van der Waals surface area contributed by atoms with Gasteiger partial charge in [-0.05, 0) is 40.0 Å². The van der Waals surface area contributed by atoms with Crippen molar-refractivity contribution in [3.8, 4) is 0 Å². The number of nitrogens with one attached hydrogen (secondary N) is 1. The molecule has 0 amide bonds. The highest BCUT2D eigenvalue weighted by Crippen LogP contribution is 2.33. The molecule has 1 saturated carbocycles. The van der Waals surface area contributed by atoms with Crippen LogP contribution in [-0.4, -0.2) is 34.0 Å². The van der Waals surface area contributed by atoms with Crippen LogP contribution in [0.15, 0.2) is 0 Å². The molecule has 7 nitrogen and oxygen atoms in total. The zero-order valence-electron chi connectivity index (χ0n) is 12.4. The number of ether oxygens (including phenoxy) is 1. The molecule has 0 aromatic carbocycles. The molecule has 1 aliphatic rings. The summed E-state index contributed by atoms with van der Waals surface area (Å²) in [6, 6.07) is 0.275. The first-order chi connectivity index (χ1) is 9.43. The molecule has 112 valence electrons. The first-order valence-electron chi connectivity index (χ1n) is 6.96. The highest BCUT2D eigenvalue weighted by atomic mass is 16.6. The van der Waals surface area contributed by atoms with E-state index >= 15 is 0 Å². The Morgan fingerprint density at radius 2 is 2.20 bits per heavy atom. The minimum absolute atomic E-state index is 0.0736. The van der Waals surface area contributed by atoms with Crippen LogP contribution in [0, 0.1) is 17.0 Å². The molecule has 0 bridgehead atoms. The fourth-order valence-corrected chi connectivity index (χ4v) is 2.74. The van der Waals surface area contributed by atoms with Crippen molar-refractivity contribution in [2.24, 2.45) is 0 Å². The van der Waals surface area contributed by atoms with E-state index in [0.717, 1.165) is 19.3 Å². The zero-order valence-corrected chi connectivity index (χ0v) is 12.4. The van der Waals surface area contributed by atoms with Gasteiger partial charge in [0.15, 0.2) is 0 Å². The molecule has 2 atom stereocenters. The van der Waals surface area contributed by atoms with Gasteiger partial charge in [-0.25, -0.2) is 4.68 Å². The predicted molar refractivity (Wildman–Crippen MR) is 76.1 cm³/mol. The van der Waals surface area contributed by atoms with Gasteiger partial charge in [0, 0.05) is 19.2 Å². The van der Waals surface area contributed by atoms with Crippen molar-refractivity contribution in [2.45, 2.75) is 58.2 Å². The molecule has 7 heteroatoms. The Kier molecular flexibility index (Phi) is 4.27. The molecule has 2 unspecified atom stereocenters. The van der Waals surface area contributed by atoms with Gasteiger partial charge in [0.05, 0.1) is 11.0 Å². The summed E-state index contributed by atoms with van der Waals surface area (Å²) >= 11 is 0. The molecule has 1 N–H and O–H groups in total. The van der Waals surface area contributed by atoms with Gasteiger partial charge in [0.1, 0.15) is 5.69 Å². The third-order valence-electron chi connectivity index (χ3n) is 3.78. The van der Waals surface area contributed by atoms with Crippen molar-refractivity contribution >= 4 is 11.5 Å². The minimum Gasteiger partial charge on any atom is -0.381 e. The van der Waals surface area contributed by atoms with E-state index in [1.807, 2.05) is 13.8 Å². The summed E-state index contributed by atoms with van der Waals surface area (Å²) in [4.78, 5) is 10.9. The Morgan fingerprint density at radius 1 is 1.50 bits per heavy atom. The molecular formula is C13H22N4O3. The first kappa shape index (κ1) is 14.8. The van der Waals surface area contributed by atoms with Crippen molar-refractivity contribution in [2.75, 3.05) is 12.4 Å². The van der Waals surface area contributed by atoms with E-state index in [1.165, 1.54) is 0 Å².